The molecule has 0 radical (unpaired) electrons. The Bertz CT molecular complexity index is 1230. The first-order valence-corrected chi connectivity index (χ1v) is 8.39. The van der Waals surface area contributed by atoms with Gasteiger partial charge in [-0.1, -0.05) is 17.2 Å². The number of pyridine rings is 1. The second-order valence-electron chi connectivity index (χ2n) is 6.30. The van der Waals surface area contributed by atoms with Crippen molar-refractivity contribution in [3.05, 3.63) is 67.2 Å². The number of carbonyl (C=O) groups excluding carboxylic acids is 3. The average molecular weight is 382 g/mol. The van der Waals surface area contributed by atoms with Crippen LogP contribution in [0.25, 0.3) is 11.0 Å². The van der Waals surface area contributed by atoms with Gasteiger partial charge in [-0.25, -0.2) is 4.79 Å². The summed E-state index contributed by atoms with van der Waals surface area (Å²) >= 11 is 0. The largest absolute Gasteiger partial charge is 0.333 e. The topological polar surface area (TPSA) is 145 Å². The molecule has 10 heteroatoms. The van der Waals surface area contributed by atoms with Gasteiger partial charge in [0.2, 0.25) is 0 Å². The molecule has 0 saturated carbocycles. The molecule has 0 unspecified atom stereocenters. The maximum absolute atomic E-state index is 12.2. The molecule has 0 aliphatic carbocycles. The van der Waals surface area contributed by atoms with Crippen LogP contribution in [0.1, 0.15) is 38.3 Å². The molecule has 0 bridgehead atoms. The summed E-state index contributed by atoms with van der Waals surface area (Å²) in [4.78, 5) is 68.1. The quantitative estimate of drug-likeness (QED) is 0.562. The van der Waals surface area contributed by atoms with E-state index >= 15 is 0 Å². The predicted octanol–water partition coefficient (Wildman–Crippen LogP) is 0.540. The fourth-order valence-corrected chi connectivity index (χ4v) is 3.25. The van der Waals surface area contributed by atoms with Crippen molar-refractivity contribution in [2.24, 2.45) is 0 Å². The van der Waals surface area contributed by atoms with Gasteiger partial charge in [-0.05, 0) is 31.0 Å². The van der Waals surface area contributed by atoms with Crippen LogP contribution in [-0.4, -0.2) is 38.0 Å². The Labute approximate surface area is 156 Å². The van der Waals surface area contributed by atoms with E-state index in [0.29, 0.717) is 16.0 Å². The van der Waals surface area contributed by atoms with Crippen LogP contribution >= 0.6 is 0 Å². The average Bonchev–Trinajstić information content (AvgIpc) is 3.15. The summed E-state index contributed by atoms with van der Waals surface area (Å²) < 4.78 is 0. The number of rotatable bonds is 4. The molecule has 0 fully saturated rings. The lowest BCUT2D eigenvalue weighted by Crippen LogP contribution is -2.33. The number of imide groups is 1. The third kappa shape index (κ3) is 2.62. The highest BCUT2D eigenvalue weighted by atomic mass is 16.7. The van der Waals surface area contributed by atoms with E-state index in [4.69, 9.17) is 4.84 Å². The number of carbonyl (C=O) groups is 3. The lowest BCUT2D eigenvalue weighted by Gasteiger charge is -2.12. The zero-order valence-electron chi connectivity index (χ0n) is 14.6. The van der Waals surface area contributed by atoms with Crippen LogP contribution in [0.5, 0.6) is 0 Å². The molecular formula is C18H14N4O6. The molecule has 0 saturated heterocycles. The van der Waals surface area contributed by atoms with Crippen molar-refractivity contribution >= 4 is 28.8 Å². The van der Waals surface area contributed by atoms with E-state index in [0.717, 1.165) is 0 Å². The minimum Gasteiger partial charge on any atom is -0.330 e. The van der Waals surface area contributed by atoms with Crippen molar-refractivity contribution in [1.29, 1.82) is 0 Å². The molecule has 142 valence electrons. The third-order valence-corrected chi connectivity index (χ3v) is 4.65. The fourth-order valence-electron chi connectivity index (χ4n) is 3.25. The van der Waals surface area contributed by atoms with Crippen molar-refractivity contribution in [3.8, 4) is 0 Å². The van der Waals surface area contributed by atoms with Crippen molar-refractivity contribution in [2.75, 3.05) is 0 Å². The summed E-state index contributed by atoms with van der Waals surface area (Å²) in [6.07, 6.45) is -0.283. The maximum Gasteiger partial charge on any atom is 0.333 e. The second kappa shape index (κ2) is 6.34. The second-order valence-corrected chi connectivity index (χ2v) is 6.30. The van der Waals surface area contributed by atoms with Gasteiger partial charge >= 0.3 is 5.97 Å². The number of H-pyrrole nitrogens is 3. The summed E-state index contributed by atoms with van der Waals surface area (Å²) in [5, 5.41) is 5.66. The lowest BCUT2D eigenvalue weighted by molar-refractivity contribution is -0.168. The molecule has 10 nitrogen and oxygen atoms in total. The molecule has 2 amide bonds. The molecule has 1 aliphatic rings. The molecule has 1 aromatic carbocycles. The van der Waals surface area contributed by atoms with E-state index in [9.17, 15) is 24.0 Å². The smallest absolute Gasteiger partial charge is 0.330 e. The number of hydrogen-bond donors (Lipinski definition) is 3. The molecule has 4 rings (SSSR count). The maximum atomic E-state index is 12.2. The number of aryl methyl sites for hydroxylation is 1. The summed E-state index contributed by atoms with van der Waals surface area (Å²) in [6, 6.07) is 6.14. The van der Waals surface area contributed by atoms with Gasteiger partial charge in [0.1, 0.15) is 5.65 Å². The van der Waals surface area contributed by atoms with E-state index in [1.807, 2.05) is 0 Å². The number of hydroxylamine groups is 2. The highest BCUT2D eigenvalue weighted by Crippen LogP contribution is 2.23. The van der Waals surface area contributed by atoms with Gasteiger partial charge in [-0.3, -0.25) is 29.4 Å². The molecule has 3 heterocycles. The number of aromatic amines is 3. The van der Waals surface area contributed by atoms with Crippen LogP contribution < -0.4 is 11.1 Å². The van der Waals surface area contributed by atoms with Crippen LogP contribution in [0, 0.1) is 6.92 Å². The van der Waals surface area contributed by atoms with E-state index in [-0.39, 0.29) is 35.2 Å². The number of benzene rings is 1. The third-order valence-electron chi connectivity index (χ3n) is 4.65. The Morgan fingerprint density at radius 1 is 1.00 bits per heavy atom. The van der Waals surface area contributed by atoms with E-state index in [2.05, 4.69) is 15.2 Å². The molecular weight excluding hydrogens is 368 g/mol. The van der Waals surface area contributed by atoms with Crippen molar-refractivity contribution < 1.29 is 19.2 Å². The summed E-state index contributed by atoms with van der Waals surface area (Å²) in [6.45, 7) is 1.60. The van der Waals surface area contributed by atoms with Crippen LogP contribution in [0.2, 0.25) is 0 Å². The highest BCUT2D eigenvalue weighted by Gasteiger charge is 2.38. The first-order valence-electron chi connectivity index (χ1n) is 8.39. The van der Waals surface area contributed by atoms with Crippen LogP contribution in [0.3, 0.4) is 0 Å². The van der Waals surface area contributed by atoms with E-state index in [1.165, 1.54) is 12.1 Å². The first kappa shape index (κ1) is 17.5. The number of amides is 2. The monoisotopic (exact) mass is 382 g/mol. The zero-order chi connectivity index (χ0) is 20.0. The SMILES string of the molecule is Cc1c(CCC(=O)ON2C(=O)c3ccccc3C2=O)c(=O)[nH]c2[nH][nH]c(=O)c12. The Balaban J connectivity index is 1.50. The summed E-state index contributed by atoms with van der Waals surface area (Å²) in [7, 11) is 0. The number of nitrogens with zero attached hydrogens (tertiary/aromatic N) is 1. The molecule has 0 spiro atoms. The fraction of sp³-hybridized carbons (Fsp3) is 0.167. The number of hydrogen-bond acceptors (Lipinski definition) is 6. The molecule has 3 N–H and O–H groups in total. The molecule has 2 aromatic heterocycles. The van der Waals surface area contributed by atoms with Crippen LogP contribution in [0.4, 0.5) is 0 Å². The normalized spacial score (nSPS) is 13.2. The minimum absolute atomic E-state index is 0.0241. The number of fused-ring (bicyclic) bond motifs is 2. The Morgan fingerprint density at radius 3 is 2.29 bits per heavy atom. The van der Waals surface area contributed by atoms with Crippen LogP contribution in [-0.2, 0) is 16.1 Å². The minimum atomic E-state index is -0.851. The van der Waals surface area contributed by atoms with Crippen molar-refractivity contribution in [1.82, 2.24) is 20.2 Å². The van der Waals surface area contributed by atoms with E-state index in [1.54, 1.807) is 19.1 Å². The molecule has 1 aliphatic heterocycles. The molecule has 3 aromatic rings. The van der Waals surface area contributed by atoms with Gasteiger partial charge in [0.05, 0.1) is 22.9 Å². The van der Waals surface area contributed by atoms with E-state index < -0.39 is 28.9 Å². The predicted molar refractivity (Wildman–Crippen MR) is 95.6 cm³/mol. The van der Waals surface area contributed by atoms with Gasteiger partial charge in [-0.15, -0.1) is 0 Å². The van der Waals surface area contributed by atoms with Gasteiger partial charge in [0.25, 0.3) is 22.9 Å². The van der Waals surface area contributed by atoms with Gasteiger partial charge in [0, 0.05) is 5.56 Å². The molecule has 0 atom stereocenters. The highest BCUT2D eigenvalue weighted by molar-refractivity contribution is 6.20. The molecule has 28 heavy (non-hydrogen) atoms. The van der Waals surface area contributed by atoms with Crippen molar-refractivity contribution in [3.63, 3.8) is 0 Å². The number of nitrogens with one attached hydrogen (secondary N) is 3. The Hall–Kier alpha value is -3.95. The Morgan fingerprint density at radius 2 is 1.64 bits per heavy atom. The standard InChI is InChI=1S/C18H14N4O6/c1-8-9(15(24)19-14-13(8)16(25)21-20-14)6-7-12(23)28-22-17(26)10-4-2-3-5-11(10)18(22)27/h2-5H,6-7H2,1H3,(H3,19,20,21,24,25). The first-order chi connectivity index (χ1) is 13.4. The van der Waals surface area contributed by atoms with Crippen LogP contribution in [0.15, 0.2) is 33.9 Å². The van der Waals surface area contributed by atoms with Gasteiger partial charge < -0.3 is 9.82 Å². The summed E-state index contributed by atoms with van der Waals surface area (Å²) in [5.41, 5.74) is 0.429. The Kier molecular flexibility index (Phi) is 3.95. The lowest BCUT2D eigenvalue weighted by atomic mass is 10.0. The summed E-state index contributed by atoms with van der Waals surface area (Å²) in [5.74, 6) is -2.29. The van der Waals surface area contributed by atoms with Gasteiger partial charge in [0.15, 0.2) is 0 Å². The zero-order valence-corrected chi connectivity index (χ0v) is 14.6. The van der Waals surface area contributed by atoms with Gasteiger partial charge in [-0.2, -0.15) is 0 Å². The van der Waals surface area contributed by atoms with Crippen molar-refractivity contribution in [2.45, 2.75) is 19.8 Å². The number of aromatic nitrogens is 3.